The van der Waals surface area contributed by atoms with E-state index in [1.54, 1.807) is 5.57 Å². The molecule has 0 aromatic carbocycles. The number of allylic oxidation sites excluding steroid dienone is 1. The van der Waals surface area contributed by atoms with E-state index in [9.17, 15) is 9.59 Å². The molecule has 0 heterocycles. The van der Waals surface area contributed by atoms with Crippen LogP contribution in [0.1, 0.15) is 112 Å². The molecule has 0 unspecified atom stereocenters. The van der Waals surface area contributed by atoms with Crippen molar-refractivity contribution in [2.24, 2.45) is 45.8 Å². The van der Waals surface area contributed by atoms with E-state index in [4.69, 9.17) is 4.74 Å². The highest BCUT2D eigenvalue weighted by atomic mass is 16.5. The Morgan fingerprint density at radius 1 is 1.18 bits per heavy atom. The van der Waals surface area contributed by atoms with E-state index in [1.165, 1.54) is 58.2 Å². The van der Waals surface area contributed by atoms with Crippen molar-refractivity contribution in [3.05, 3.63) is 11.6 Å². The average molecular weight is 457 g/mol. The minimum Gasteiger partial charge on any atom is -0.462 e. The van der Waals surface area contributed by atoms with Gasteiger partial charge in [0, 0.05) is 18.8 Å². The van der Waals surface area contributed by atoms with Gasteiger partial charge in [0.15, 0.2) is 0 Å². The van der Waals surface area contributed by atoms with Crippen LogP contribution in [0.25, 0.3) is 0 Å². The first-order chi connectivity index (χ1) is 15.5. The Balaban J connectivity index is 1.53. The molecule has 4 aliphatic rings. The van der Waals surface area contributed by atoms with Gasteiger partial charge in [-0.2, -0.15) is 0 Å². The van der Waals surface area contributed by atoms with E-state index in [0.29, 0.717) is 17.3 Å². The normalized spacial score (nSPS) is 41.9. The first-order valence-corrected chi connectivity index (χ1v) is 13.9. The molecule has 3 saturated carbocycles. The van der Waals surface area contributed by atoms with Gasteiger partial charge in [-0.05, 0) is 91.8 Å². The molecule has 0 bridgehead atoms. The van der Waals surface area contributed by atoms with Gasteiger partial charge in [0.05, 0.1) is 0 Å². The van der Waals surface area contributed by atoms with Crippen LogP contribution in [0.5, 0.6) is 0 Å². The molecule has 186 valence electrons. The lowest BCUT2D eigenvalue weighted by atomic mass is 9.46. The SMILES string of the molecule is CC(=O)O[C@H]1CC[C@@]2(C)C(=CC[C@H]3[C@@H]4CC[C@H]([C@](C)(C=O)CCCC(C)C)[C@@]4(C)CC[C@@H]32)C1. The largest absolute Gasteiger partial charge is 0.462 e. The van der Waals surface area contributed by atoms with Crippen LogP contribution in [0.3, 0.4) is 0 Å². The van der Waals surface area contributed by atoms with Crippen LogP contribution >= 0.6 is 0 Å². The molecule has 3 nitrogen and oxygen atoms in total. The van der Waals surface area contributed by atoms with Crippen LogP contribution in [-0.4, -0.2) is 18.4 Å². The van der Waals surface area contributed by atoms with Gasteiger partial charge in [-0.15, -0.1) is 0 Å². The monoisotopic (exact) mass is 456 g/mol. The maximum absolute atomic E-state index is 12.5. The highest BCUT2D eigenvalue weighted by Crippen LogP contribution is 2.68. The van der Waals surface area contributed by atoms with Crippen molar-refractivity contribution in [3.63, 3.8) is 0 Å². The summed E-state index contributed by atoms with van der Waals surface area (Å²) in [6, 6.07) is 0. The second kappa shape index (κ2) is 9.15. The van der Waals surface area contributed by atoms with E-state index < -0.39 is 0 Å². The fourth-order valence-electron chi connectivity index (χ4n) is 9.25. The quantitative estimate of drug-likeness (QED) is 0.226. The number of carbonyl (C=O) groups is 2. The highest BCUT2D eigenvalue weighted by Gasteiger charge is 2.61. The smallest absolute Gasteiger partial charge is 0.302 e. The van der Waals surface area contributed by atoms with Gasteiger partial charge < -0.3 is 9.53 Å². The summed E-state index contributed by atoms with van der Waals surface area (Å²) < 4.78 is 5.60. The third kappa shape index (κ3) is 4.36. The number of aldehydes is 1. The van der Waals surface area contributed by atoms with Crippen molar-refractivity contribution >= 4 is 12.3 Å². The summed E-state index contributed by atoms with van der Waals surface area (Å²) in [6.07, 6.45) is 16.7. The third-order valence-corrected chi connectivity index (χ3v) is 11.0. The van der Waals surface area contributed by atoms with Gasteiger partial charge >= 0.3 is 5.97 Å². The first kappa shape index (κ1) is 25.0. The summed E-state index contributed by atoms with van der Waals surface area (Å²) >= 11 is 0. The number of hydrogen-bond donors (Lipinski definition) is 0. The molecule has 0 aromatic heterocycles. The number of ether oxygens (including phenoxy) is 1. The predicted molar refractivity (Wildman–Crippen MR) is 134 cm³/mol. The van der Waals surface area contributed by atoms with Crippen molar-refractivity contribution in [1.29, 1.82) is 0 Å². The van der Waals surface area contributed by atoms with Crippen molar-refractivity contribution in [2.45, 2.75) is 118 Å². The zero-order chi connectivity index (χ0) is 24.0. The van der Waals surface area contributed by atoms with E-state index in [0.717, 1.165) is 43.4 Å². The number of rotatable bonds is 7. The Morgan fingerprint density at radius 3 is 2.61 bits per heavy atom. The van der Waals surface area contributed by atoms with Crippen molar-refractivity contribution < 1.29 is 14.3 Å². The molecule has 0 N–H and O–H groups in total. The Morgan fingerprint density at radius 2 is 1.94 bits per heavy atom. The second-order valence-electron chi connectivity index (χ2n) is 13.3. The Hall–Kier alpha value is -1.12. The first-order valence-electron chi connectivity index (χ1n) is 13.9. The summed E-state index contributed by atoms with van der Waals surface area (Å²) in [5.74, 6) is 3.33. The fraction of sp³-hybridized carbons (Fsp3) is 0.867. The lowest BCUT2D eigenvalue weighted by Gasteiger charge is -2.59. The van der Waals surface area contributed by atoms with E-state index in [1.807, 2.05) is 0 Å². The van der Waals surface area contributed by atoms with Gasteiger partial charge in [-0.25, -0.2) is 0 Å². The van der Waals surface area contributed by atoms with E-state index in [2.05, 4.69) is 40.7 Å². The Bertz CT molecular complexity index is 783. The number of hydrogen-bond acceptors (Lipinski definition) is 3. The topological polar surface area (TPSA) is 43.4 Å². The molecule has 0 aliphatic heterocycles. The second-order valence-corrected chi connectivity index (χ2v) is 13.3. The molecule has 3 heteroatoms. The minimum atomic E-state index is -0.174. The lowest BCUT2D eigenvalue weighted by molar-refractivity contribution is -0.148. The molecule has 0 radical (unpaired) electrons. The van der Waals surface area contributed by atoms with Crippen LogP contribution in [0.15, 0.2) is 11.6 Å². The Labute approximate surface area is 202 Å². The summed E-state index contributed by atoms with van der Waals surface area (Å²) in [5, 5.41) is 0. The van der Waals surface area contributed by atoms with Crippen LogP contribution < -0.4 is 0 Å². The van der Waals surface area contributed by atoms with Crippen LogP contribution in [0, 0.1) is 45.8 Å². The molecular weight excluding hydrogens is 408 g/mol. The molecule has 4 aliphatic carbocycles. The average Bonchev–Trinajstić information content (AvgIpc) is 3.11. The zero-order valence-corrected chi connectivity index (χ0v) is 22.1. The maximum atomic E-state index is 12.5. The van der Waals surface area contributed by atoms with Gasteiger partial charge in [-0.3, -0.25) is 4.79 Å². The summed E-state index contributed by atoms with van der Waals surface area (Å²) in [4.78, 5) is 24.0. The van der Waals surface area contributed by atoms with Gasteiger partial charge in [0.1, 0.15) is 12.4 Å². The molecule has 8 atom stereocenters. The molecule has 33 heavy (non-hydrogen) atoms. The molecular formula is C30H48O3. The molecule has 0 aromatic rings. The van der Waals surface area contributed by atoms with Gasteiger partial charge in [0.2, 0.25) is 0 Å². The predicted octanol–water partition coefficient (Wildman–Crippen LogP) is 7.53. The maximum Gasteiger partial charge on any atom is 0.302 e. The van der Waals surface area contributed by atoms with Crippen LogP contribution in [-0.2, 0) is 14.3 Å². The van der Waals surface area contributed by atoms with E-state index in [-0.39, 0.29) is 22.9 Å². The number of fused-ring (bicyclic) bond motifs is 5. The van der Waals surface area contributed by atoms with Crippen LogP contribution in [0.2, 0.25) is 0 Å². The Kier molecular flexibility index (Phi) is 6.93. The summed E-state index contributed by atoms with van der Waals surface area (Å²) in [5.41, 5.74) is 1.95. The molecule has 0 amide bonds. The number of carbonyl (C=O) groups excluding carboxylic acids is 2. The summed E-state index contributed by atoms with van der Waals surface area (Å²) in [7, 11) is 0. The summed E-state index contributed by atoms with van der Waals surface area (Å²) in [6.45, 7) is 13.5. The van der Waals surface area contributed by atoms with Crippen LogP contribution in [0.4, 0.5) is 0 Å². The van der Waals surface area contributed by atoms with Crippen molar-refractivity contribution in [3.8, 4) is 0 Å². The number of esters is 1. The zero-order valence-electron chi connectivity index (χ0n) is 22.1. The third-order valence-electron chi connectivity index (χ3n) is 11.0. The molecule has 3 fully saturated rings. The molecule has 0 saturated heterocycles. The fourth-order valence-corrected chi connectivity index (χ4v) is 9.25. The highest BCUT2D eigenvalue weighted by molar-refractivity contribution is 5.66. The molecule has 0 spiro atoms. The van der Waals surface area contributed by atoms with E-state index >= 15 is 0 Å². The van der Waals surface area contributed by atoms with Crippen molar-refractivity contribution in [1.82, 2.24) is 0 Å². The lowest BCUT2D eigenvalue weighted by Crippen LogP contribution is -2.52. The molecule has 4 rings (SSSR count). The van der Waals surface area contributed by atoms with Gasteiger partial charge in [-0.1, -0.05) is 59.1 Å². The van der Waals surface area contributed by atoms with Crippen molar-refractivity contribution in [2.75, 3.05) is 0 Å². The minimum absolute atomic E-state index is 0.0715. The standard InChI is InChI=1S/C30H48O3/c1-20(2)8-7-15-28(4,19-31)27-12-11-25-24-10-9-22-18-23(33-21(3)32)13-16-29(22,5)26(24)14-17-30(25,27)6/h9,19-20,23-27H,7-8,10-18H2,1-6H3/t23-,24-,25-,26-,27+,28-,29-,30-/m0/s1. The van der Waals surface area contributed by atoms with Gasteiger partial charge in [0.25, 0.3) is 0 Å².